The Morgan fingerprint density at radius 1 is 1.44 bits per heavy atom. The zero-order chi connectivity index (χ0) is 13.1. The number of likely N-dealkylation sites (tertiary alicyclic amines) is 1. The standard InChI is InChI=1S/C14H23N3O/c1-11-8-12(10-18)9-15-14(11)17(3)13-4-6-16(2)7-5-13/h8-9,13,18H,4-7,10H2,1-3H3. The molecule has 0 radical (unpaired) electrons. The maximum absolute atomic E-state index is 9.11. The highest BCUT2D eigenvalue weighted by atomic mass is 16.3. The Balaban J connectivity index is 2.11. The molecule has 1 aliphatic rings. The Bertz CT molecular complexity index is 400. The molecule has 0 atom stereocenters. The van der Waals surface area contributed by atoms with E-state index in [9.17, 15) is 0 Å². The van der Waals surface area contributed by atoms with Gasteiger partial charge in [-0.1, -0.05) is 0 Å². The fourth-order valence-corrected chi connectivity index (χ4v) is 2.64. The molecule has 0 unspecified atom stereocenters. The molecule has 1 saturated heterocycles. The van der Waals surface area contributed by atoms with Crippen molar-refractivity contribution in [1.29, 1.82) is 0 Å². The molecule has 4 heteroatoms. The lowest BCUT2D eigenvalue weighted by Crippen LogP contribution is -2.42. The molecule has 0 aliphatic carbocycles. The van der Waals surface area contributed by atoms with Crippen LogP contribution in [0.2, 0.25) is 0 Å². The van der Waals surface area contributed by atoms with Crippen LogP contribution in [0.1, 0.15) is 24.0 Å². The van der Waals surface area contributed by atoms with E-state index in [0.717, 1.165) is 30.0 Å². The first-order valence-corrected chi connectivity index (χ1v) is 6.59. The molecule has 1 aromatic rings. The highest BCUT2D eigenvalue weighted by Crippen LogP contribution is 2.23. The van der Waals surface area contributed by atoms with Crippen molar-refractivity contribution in [3.63, 3.8) is 0 Å². The van der Waals surface area contributed by atoms with Crippen LogP contribution in [-0.2, 0) is 6.61 Å². The van der Waals surface area contributed by atoms with Gasteiger partial charge in [0.2, 0.25) is 0 Å². The van der Waals surface area contributed by atoms with Crippen LogP contribution >= 0.6 is 0 Å². The number of aromatic nitrogens is 1. The van der Waals surface area contributed by atoms with Gasteiger partial charge in [-0.15, -0.1) is 0 Å². The molecule has 18 heavy (non-hydrogen) atoms. The van der Waals surface area contributed by atoms with Gasteiger partial charge in [-0.25, -0.2) is 4.98 Å². The molecule has 1 N–H and O–H groups in total. The number of nitrogens with zero attached hydrogens (tertiary/aromatic N) is 3. The van der Waals surface area contributed by atoms with Gasteiger partial charge < -0.3 is 14.9 Å². The first kappa shape index (κ1) is 13.3. The summed E-state index contributed by atoms with van der Waals surface area (Å²) in [5.74, 6) is 1.04. The molecule has 2 heterocycles. The number of aliphatic hydroxyl groups is 1. The van der Waals surface area contributed by atoms with Crippen LogP contribution in [0.3, 0.4) is 0 Å². The van der Waals surface area contributed by atoms with E-state index in [0.29, 0.717) is 6.04 Å². The number of rotatable bonds is 3. The number of aryl methyl sites for hydroxylation is 1. The van der Waals surface area contributed by atoms with Crippen LogP contribution in [0.25, 0.3) is 0 Å². The van der Waals surface area contributed by atoms with Crippen molar-refractivity contribution in [2.75, 3.05) is 32.1 Å². The molecule has 1 aromatic heterocycles. The molecule has 1 fully saturated rings. The monoisotopic (exact) mass is 249 g/mol. The summed E-state index contributed by atoms with van der Waals surface area (Å²) in [5.41, 5.74) is 2.02. The molecule has 0 spiro atoms. The maximum Gasteiger partial charge on any atom is 0.131 e. The molecule has 2 rings (SSSR count). The van der Waals surface area contributed by atoms with E-state index in [1.54, 1.807) is 6.20 Å². The van der Waals surface area contributed by atoms with E-state index in [1.807, 2.05) is 6.07 Å². The maximum atomic E-state index is 9.11. The molecule has 1 aliphatic heterocycles. The zero-order valence-corrected chi connectivity index (χ0v) is 11.6. The zero-order valence-electron chi connectivity index (χ0n) is 11.6. The van der Waals surface area contributed by atoms with Gasteiger partial charge in [0.25, 0.3) is 0 Å². The smallest absolute Gasteiger partial charge is 0.131 e. The van der Waals surface area contributed by atoms with Gasteiger partial charge in [0, 0.05) is 19.3 Å². The van der Waals surface area contributed by atoms with Gasteiger partial charge in [-0.3, -0.25) is 0 Å². The fraction of sp³-hybridized carbons (Fsp3) is 0.643. The predicted molar refractivity (Wildman–Crippen MR) is 73.8 cm³/mol. The van der Waals surface area contributed by atoms with Crippen LogP contribution in [0.4, 0.5) is 5.82 Å². The highest BCUT2D eigenvalue weighted by molar-refractivity contribution is 5.47. The second kappa shape index (κ2) is 5.67. The van der Waals surface area contributed by atoms with Crippen LogP contribution in [-0.4, -0.2) is 48.2 Å². The normalized spacial score (nSPS) is 18.0. The van der Waals surface area contributed by atoms with E-state index in [4.69, 9.17) is 5.11 Å². The van der Waals surface area contributed by atoms with Crippen LogP contribution in [0.5, 0.6) is 0 Å². The molecule has 4 nitrogen and oxygen atoms in total. The van der Waals surface area contributed by atoms with Gasteiger partial charge in [-0.05, 0) is 57.1 Å². The van der Waals surface area contributed by atoms with Crippen molar-refractivity contribution in [2.45, 2.75) is 32.4 Å². The van der Waals surface area contributed by atoms with Crippen LogP contribution < -0.4 is 4.90 Å². The van der Waals surface area contributed by atoms with E-state index in [1.165, 1.54) is 12.8 Å². The number of pyridine rings is 1. The molecule has 0 aromatic carbocycles. The fourth-order valence-electron chi connectivity index (χ4n) is 2.64. The van der Waals surface area contributed by atoms with Crippen LogP contribution in [0.15, 0.2) is 12.3 Å². The number of hydrogen-bond donors (Lipinski definition) is 1. The third-order valence-corrected chi connectivity index (χ3v) is 3.86. The van der Waals surface area contributed by atoms with Gasteiger partial charge in [0.05, 0.1) is 6.61 Å². The molecule has 0 amide bonds. The van der Waals surface area contributed by atoms with Gasteiger partial charge >= 0.3 is 0 Å². The Hall–Kier alpha value is -1.13. The molecular formula is C14H23N3O. The summed E-state index contributed by atoms with van der Waals surface area (Å²) in [6, 6.07) is 2.60. The van der Waals surface area contributed by atoms with Crippen molar-refractivity contribution < 1.29 is 5.11 Å². The second-order valence-corrected chi connectivity index (χ2v) is 5.29. The molecule has 100 valence electrons. The van der Waals surface area contributed by atoms with Gasteiger partial charge in [0.1, 0.15) is 5.82 Å². The third kappa shape index (κ3) is 2.82. The second-order valence-electron chi connectivity index (χ2n) is 5.29. The highest BCUT2D eigenvalue weighted by Gasteiger charge is 2.22. The summed E-state index contributed by atoms with van der Waals surface area (Å²) in [6.07, 6.45) is 4.15. The summed E-state index contributed by atoms with van der Waals surface area (Å²) in [4.78, 5) is 9.17. The first-order chi connectivity index (χ1) is 8.61. The average Bonchev–Trinajstić information content (AvgIpc) is 2.38. The number of aliphatic hydroxyl groups excluding tert-OH is 1. The summed E-state index contributed by atoms with van der Waals surface area (Å²) in [7, 11) is 4.31. The minimum atomic E-state index is 0.0616. The van der Waals surface area contributed by atoms with Gasteiger partial charge in [0.15, 0.2) is 0 Å². The lowest BCUT2D eigenvalue weighted by Gasteiger charge is -2.36. The van der Waals surface area contributed by atoms with Crippen molar-refractivity contribution in [3.8, 4) is 0 Å². The minimum Gasteiger partial charge on any atom is -0.392 e. The van der Waals surface area contributed by atoms with E-state index in [-0.39, 0.29) is 6.61 Å². The van der Waals surface area contributed by atoms with Crippen molar-refractivity contribution in [1.82, 2.24) is 9.88 Å². The minimum absolute atomic E-state index is 0.0616. The number of anilines is 1. The van der Waals surface area contributed by atoms with Crippen molar-refractivity contribution in [2.24, 2.45) is 0 Å². The summed E-state index contributed by atoms with van der Waals surface area (Å²) in [6.45, 7) is 4.44. The Labute approximate surface area is 109 Å². The Morgan fingerprint density at radius 2 is 2.11 bits per heavy atom. The van der Waals surface area contributed by atoms with E-state index >= 15 is 0 Å². The summed E-state index contributed by atoms with van der Waals surface area (Å²) in [5, 5.41) is 9.11. The molecular weight excluding hydrogens is 226 g/mol. The quantitative estimate of drug-likeness (QED) is 0.879. The largest absolute Gasteiger partial charge is 0.392 e. The lowest BCUT2D eigenvalue weighted by atomic mass is 10.0. The SMILES string of the molecule is Cc1cc(CO)cnc1N(C)C1CCN(C)CC1. The van der Waals surface area contributed by atoms with E-state index < -0.39 is 0 Å². The Kier molecular flexibility index (Phi) is 4.19. The first-order valence-electron chi connectivity index (χ1n) is 6.59. The van der Waals surface area contributed by atoms with Crippen molar-refractivity contribution >= 4 is 5.82 Å². The molecule has 0 bridgehead atoms. The van der Waals surface area contributed by atoms with Gasteiger partial charge in [-0.2, -0.15) is 0 Å². The predicted octanol–water partition coefficient (Wildman–Crippen LogP) is 1.41. The summed E-state index contributed by atoms with van der Waals surface area (Å²) < 4.78 is 0. The van der Waals surface area contributed by atoms with Crippen LogP contribution in [0, 0.1) is 6.92 Å². The Morgan fingerprint density at radius 3 is 2.67 bits per heavy atom. The lowest BCUT2D eigenvalue weighted by molar-refractivity contribution is 0.252. The topological polar surface area (TPSA) is 39.6 Å². The number of hydrogen-bond acceptors (Lipinski definition) is 4. The van der Waals surface area contributed by atoms with Crippen molar-refractivity contribution in [3.05, 3.63) is 23.4 Å². The van der Waals surface area contributed by atoms with E-state index in [2.05, 4.69) is 35.8 Å². The summed E-state index contributed by atoms with van der Waals surface area (Å²) >= 11 is 0. The number of piperidine rings is 1. The molecule has 0 saturated carbocycles. The third-order valence-electron chi connectivity index (χ3n) is 3.86. The average molecular weight is 249 g/mol.